The van der Waals surface area contributed by atoms with Gasteiger partial charge in [-0.25, -0.2) is 13.1 Å². The second-order valence-electron chi connectivity index (χ2n) is 6.27. The lowest BCUT2D eigenvalue weighted by atomic mass is 10.1. The minimum Gasteiger partial charge on any atom is -0.246 e. The molecule has 0 spiro atoms. The van der Waals surface area contributed by atoms with Crippen LogP contribution in [0.5, 0.6) is 0 Å². The van der Waals surface area contributed by atoms with Crippen molar-refractivity contribution in [3.8, 4) is 11.3 Å². The molecule has 1 aliphatic rings. The third-order valence-electron chi connectivity index (χ3n) is 4.47. The van der Waals surface area contributed by atoms with Crippen LogP contribution in [0.2, 0.25) is 5.02 Å². The molecule has 0 atom stereocenters. The fourth-order valence-corrected chi connectivity index (χ4v) is 4.82. The summed E-state index contributed by atoms with van der Waals surface area (Å²) in [6.45, 7) is 0.786. The van der Waals surface area contributed by atoms with Crippen molar-refractivity contribution in [1.82, 2.24) is 19.3 Å². The number of hydrogen-bond acceptors (Lipinski definition) is 4. The molecule has 2 aromatic carbocycles. The van der Waals surface area contributed by atoms with Crippen molar-refractivity contribution in [3.63, 3.8) is 0 Å². The predicted molar refractivity (Wildman–Crippen MR) is 100 cm³/mol. The Balaban J connectivity index is 1.42. The fourth-order valence-electron chi connectivity index (χ4n) is 2.91. The van der Waals surface area contributed by atoms with Crippen molar-refractivity contribution in [1.29, 1.82) is 0 Å². The van der Waals surface area contributed by atoms with Crippen LogP contribution in [-0.2, 0) is 15.8 Å². The van der Waals surface area contributed by atoms with E-state index in [0.29, 0.717) is 23.7 Å². The summed E-state index contributed by atoms with van der Waals surface area (Å²) in [6.07, 6.45) is 1.86. The molecule has 1 aliphatic heterocycles. The van der Waals surface area contributed by atoms with Crippen LogP contribution in [0.1, 0.15) is 11.6 Å². The number of sulfonamides is 1. The van der Waals surface area contributed by atoms with Crippen molar-refractivity contribution in [2.75, 3.05) is 13.1 Å². The molecule has 0 radical (unpaired) electrons. The summed E-state index contributed by atoms with van der Waals surface area (Å²) in [6, 6.07) is 16.8. The van der Waals surface area contributed by atoms with Gasteiger partial charge in [-0.05, 0) is 11.6 Å². The molecule has 0 unspecified atom stereocenters. The Morgan fingerprint density at radius 3 is 2.46 bits per heavy atom. The maximum atomic E-state index is 12.6. The number of halogens is 1. The van der Waals surface area contributed by atoms with Crippen LogP contribution < -0.4 is 0 Å². The first-order valence-corrected chi connectivity index (χ1v) is 10.2. The minimum atomic E-state index is -3.40. The van der Waals surface area contributed by atoms with Gasteiger partial charge in [-0.2, -0.15) is 4.31 Å². The van der Waals surface area contributed by atoms with Gasteiger partial charge < -0.3 is 0 Å². The molecular formula is C18H17ClN4O2S. The number of hydrogen-bond donors (Lipinski definition) is 0. The third-order valence-corrected chi connectivity index (χ3v) is 6.60. The van der Waals surface area contributed by atoms with Gasteiger partial charge in [-0.3, -0.25) is 0 Å². The Kier molecular flexibility index (Phi) is 4.52. The fraction of sp³-hybridized carbons (Fsp3) is 0.222. The molecule has 0 amide bonds. The van der Waals surface area contributed by atoms with Crippen LogP contribution in [0.4, 0.5) is 0 Å². The van der Waals surface area contributed by atoms with Crippen LogP contribution in [0.15, 0.2) is 60.8 Å². The Bertz CT molecular complexity index is 1010. The maximum absolute atomic E-state index is 12.6. The molecule has 1 aromatic heterocycles. The zero-order chi connectivity index (χ0) is 18.1. The van der Waals surface area contributed by atoms with E-state index in [9.17, 15) is 8.42 Å². The summed E-state index contributed by atoms with van der Waals surface area (Å²) in [4.78, 5) is 0. The summed E-state index contributed by atoms with van der Waals surface area (Å²) in [5.41, 5.74) is 2.38. The predicted octanol–water partition coefficient (Wildman–Crippen LogP) is 2.99. The summed E-state index contributed by atoms with van der Waals surface area (Å²) < 4.78 is 28.3. The average Bonchev–Trinajstić information content (AvgIpc) is 3.05. The molecule has 4 rings (SSSR count). The number of benzene rings is 2. The molecule has 26 heavy (non-hydrogen) atoms. The van der Waals surface area contributed by atoms with E-state index < -0.39 is 10.0 Å². The molecule has 0 bridgehead atoms. The van der Waals surface area contributed by atoms with E-state index in [1.807, 2.05) is 36.5 Å². The van der Waals surface area contributed by atoms with Crippen LogP contribution in [0.25, 0.3) is 11.3 Å². The Hall–Kier alpha value is -2.22. The third kappa shape index (κ3) is 3.38. The quantitative estimate of drug-likeness (QED) is 0.673. The SMILES string of the molecule is O=S(=O)(Cc1ccccc1Cl)N1CC(n2cc(-c3ccccc3)nn2)C1. The second kappa shape index (κ2) is 6.83. The second-order valence-corrected chi connectivity index (χ2v) is 8.64. The molecule has 6 nitrogen and oxygen atoms in total. The number of aromatic nitrogens is 3. The number of nitrogens with zero attached hydrogens (tertiary/aromatic N) is 4. The van der Waals surface area contributed by atoms with E-state index in [1.165, 1.54) is 4.31 Å². The molecule has 0 N–H and O–H groups in total. The summed E-state index contributed by atoms with van der Waals surface area (Å²) in [5, 5.41) is 8.81. The molecule has 2 heterocycles. The van der Waals surface area contributed by atoms with Gasteiger partial charge in [0.2, 0.25) is 10.0 Å². The molecule has 0 aliphatic carbocycles. The normalized spacial score (nSPS) is 15.7. The maximum Gasteiger partial charge on any atom is 0.218 e. The summed E-state index contributed by atoms with van der Waals surface area (Å²) in [7, 11) is -3.40. The van der Waals surface area contributed by atoms with Crippen molar-refractivity contribution < 1.29 is 8.42 Å². The van der Waals surface area contributed by atoms with Crippen LogP contribution in [0.3, 0.4) is 0 Å². The monoisotopic (exact) mass is 388 g/mol. The van der Waals surface area contributed by atoms with E-state index in [1.54, 1.807) is 28.9 Å². The topological polar surface area (TPSA) is 68.1 Å². The summed E-state index contributed by atoms with van der Waals surface area (Å²) >= 11 is 6.08. The highest BCUT2D eigenvalue weighted by Gasteiger charge is 2.37. The lowest BCUT2D eigenvalue weighted by Gasteiger charge is -2.37. The highest BCUT2D eigenvalue weighted by molar-refractivity contribution is 7.88. The van der Waals surface area contributed by atoms with Crippen LogP contribution in [0, 0.1) is 0 Å². The summed E-state index contributed by atoms with van der Waals surface area (Å²) in [5.74, 6) is -0.0913. The lowest BCUT2D eigenvalue weighted by molar-refractivity contribution is 0.188. The molecule has 134 valence electrons. The molecule has 8 heteroatoms. The first-order chi connectivity index (χ1) is 12.5. The van der Waals surface area contributed by atoms with E-state index in [-0.39, 0.29) is 11.8 Å². The van der Waals surface area contributed by atoms with Gasteiger partial charge in [0, 0.05) is 23.7 Å². The van der Waals surface area contributed by atoms with Gasteiger partial charge in [0.1, 0.15) is 5.69 Å². The molecule has 0 saturated carbocycles. The van der Waals surface area contributed by atoms with Crippen LogP contribution >= 0.6 is 11.6 Å². The standard InChI is InChI=1S/C18H17ClN4O2S/c19-17-9-5-4-8-15(17)13-26(24,25)22-10-16(11-22)23-12-18(20-21-23)14-6-2-1-3-7-14/h1-9,12,16H,10-11,13H2. The zero-order valence-corrected chi connectivity index (χ0v) is 15.4. The highest BCUT2D eigenvalue weighted by Crippen LogP contribution is 2.28. The first-order valence-electron chi connectivity index (χ1n) is 8.21. The van der Waals surface area contributed by atoms with E-state index in [4.69, 9.17) is 11.6 Å². The number of rotatable bonds is 5. The van der Waals surface area contributed by atoms with Gasteiger partial charge in [-0.1, -0.05) is 65.3 Å². The van der Waals surface area contributed by atoms with Gasteiger partial charge in [0.15, 0.2) is 0 Å². The lowest BCUT2D eigenvalue weighted by Crippen LogP contribution is -2.51. The van der Waals surface area contributed by atoms with Crippen molar-refractivity contribution in [3.05, 3.63) is 71.4 Å². The molecule has 1 fully saturated rings. The van der Waals surface area contributed by atoms with Gasteiger partial charge in [0.05, 0.1) is 18.0 Å². The van der Waals surface area contributed by atoms with E-state index in [2.05, 4.69) is 10.3 Å². The van der Waals surface area contributed by atoms with Crippen molar-refractivity contribution >= 4 is 21.6 Å². The largest absolute Gasteiger partial charge is 0.246 e. The molecule has 1 saturated heterocycles. The first kappa shape index (κ1) is 17.2. The molecule has 3 aromatic rings. The molecular weight excluding hydrogens is 372 g/mol. The van der Waals surface area contributed by atoms with Gasteiger partial charge in [0.25, 0.3) is 0 Å². The van der Waals surface area contributed by atoms with E-state index in [0.717, 1.165) is 11.3 Å². The van der Waals surface area contributed by atoms with Gasteiger partial charge in [-0.15, -0.1) is 5.10 Å². The highest BCUT2D eigenvalue weighted by atomic mass is 35.5. The van der Waals surface area contributed by atoms with Gasteiger partial charge >= 0.3 is 0 Å². The minimum absolute atomic E-state index is 0.000910. The average molecular weight is 389 g/mol. The Morgan fingerprint density at radius 2 is 1.73 bits per heavy atom. The van der Waals surface area contributed by atoms with E-state index >= 15 is 0 Å². The Labute approximate surface area is 157 Å². The zero-order valence-electron chi connectivity index (χ0n) is 13.9. The van der Waals surface area contributed by atoms with Crippen LogP contribution in [-0.4, -0.2) is 40.8 Å². The van der Waals surface area contributed by atoms with Crippen molar-refractivity contribution in [2.45, 2.75) is 11.8 Å². The van der Waals surface area contributed by atoms with Crippen molar-refractivity contribution in [2.24, 2.45) is 0 Å². The Morgan fingerprint density at radius 1 is 1.04 bits per heavy atom. The smallest absolute Gasteiger partial charge is 0.218 e.